The average Bonchev–Trinajstić information content (AvgIpc) is 2.26. The molecule has 0 spiro atoms. The molecule has 2 atom stereocenters. The smallest absolute Gasteiger partial charge is 0.350 e. The Bertz CT molecular complexity index is 308. The van der Waals surface area contributed by atoms with E-state index in [4.69, 9.17) is 9.47 Å². The van der Waals surface area contributed by atoms with Crippen LogP contribution in [0.25, 0.3) is 0 Å². The first-order valence-corrected chi connectivity index (χ1v) is 5.57. The van der Waals surface area contributed by atoms with Crippen LogP contribution in [0.5, 0.6) is 0 Å². The van der Waals surface area contributed by atoms with E-state index >= 15 is 0 Å². The number of ketones is 1. The Balaban J connectivity index is 2.65. The Hall–Kier alpha value is -1.32. The van der Waals surface area contributed by atoms with Gasteiger partial charge in [0, 0.05) is 6.08 Å². The van der Waals surface area contributed by atoms with Gasteiger partial charge in [-0.25, -0.2) is 4.79 Å². The van der Waals surface area contributed by atoms with E-state index in [0.29, 0.717) is 6.61 Å². The van der Waals surface area contributed by atoms with Gasteiger partial charge < -0.3 is 9.47 Å². The van der Waals surface area contributed by atoms with Gasteiger partial charge >= 0.3 is 5.97 Å². The summed E-state index contributed by atoms with van der Waals surface area (Å²) < 4.78 is 10.4. The lowest BCUT2D eigenvalue weighted by molar-refractivity contribution is -0.173. The molecule has 0 amide bonds. The van der Waals surface area contributed by atoms with E-state index in [0.717, 1.165) is 12.8 Å². The molecule has 16 heavy (non-hydrogen) atoms. The molecule has 0 aliphatic carbocycles. The third kappa shape index (κ3) is 2.43. The normalized spacial score (nSPS) is 28.7. The van der Waals surface area contributed by atoms with Crippen LogP contribution in [-0.4, -0.2) is 24.0 Å². The van der Waals surface area contributed by atoms with Crippen molar-refractivity contribution in [3.8, 4) is 0 Å². The Kier molecular flexibility index (Phi) is 4.10. The van der Waals surface area contributed by atoms with Crippen LogP contribution in [0.2, 0.25) is 0 Å². The molecule has 0 saturated heterocycles. The monoisotopic (exact) mass is 226 g/mol. The highest BCUT2D eigenvalue weighted by Crippen LogP contribution is 2.28. The molecular formula is C12H18O4. The minimum absolute atomic E-state index is 0.110. The number of allylic oxidation sites excluding steroid dienone is 1. The van der Waals surface area contributed by atoms with Crippen LogP contribution in [-0.2, 0) is 19.1 Å². The summed E-state index contributed by atoms with van der Waals surface area (Å²) in [6.07, 6.45) is 4.38. The van der Waals surface area contributed by atoms with Crippen LogP contribution < -0.4 is 0 Å². The van der Waals surface area contributed by atoms with Crippen LogP contribution in [0.15, 0.2) is 12.3 Å². The Morgan fingerprint density at radius 2 is 2.31 bits per heavy atom. The minimum atomic E-state index is -1.18. The van der Waals surface area contributed by atoms with Crippen molar-refractivity contribution < 1.29 is 19.1 Å². The first-order valence-electron chi connectivity index (χ1n) is 5.57. The predicted molar refractivity (Wildman–Crippen MR) is 58.7 cm³/mol. The molecule has 1 aliphatic rings. The molecule has 0 radical (unpaired) electrons. The highest BCUT2D eigenvalue weighted by atomic mass is 16.6. The summed E-state index contributed by atoms with van der Waals surface area (Å²) in [4.78, 5) is 23.3. The van der Waals surface area contributed by atoms with Crippen molar-refractivity contribution in [2.75, 3.05) is 6.61 Å². The number of hydrogen-bond donors (Lipinski definition) is 0. The molecule has 4 heteroatoms. The second kappa shape index (κ2) is 5.14. The number of rotatable bonds is 4. The van der Waals surface area contributed by atoms with E-state index in [1.807, 2.05) is 6.92 Å². The number of hydrogen-bond acceptors (Lipinski definition) is 4. The molecule has 2 unspecified atom stereocenters. The zero-order chi connectivity index (χ0) is 12.2. The minimum Gasteiger partial charge on any atom is -0.483 e. The maximum absolute atomic E-state index is 11.8. The van der Waals surface area contributed by atoms with Gasteiger partial charge in [-0.3, -0.25) is 4.79 Å². The first kappa shape index (κ1) is 12.7. The van der Waals surface area contributed by atoms with E-state index in [9.17, 15) is 9.59 Å². The molecule has 0 fully saturated rings. The van der Waals surface area contributed by atoms with Gasteiger partial charge in [-0.1, -0.05) is 20.3 Å². The van der Waals surface area contributed by atoms with Crippen molar-refractivity contribution in [1.29, 1.82) is 0 Å². The average molecular weight is 226 g/mol. The quantitative estimate of drug-likeness (QED) is 0.542. The maximum atomic E-state index is 11.8. The van der Waals surface area contributed by atoms with E-state index in [2.05, 4.69) is 0 Å². The molecular weight excluding hydrogens is 208 g/mol. The Morgan fingerprint density at radius 3 is 2.94 bits per heavy atom. The SMILES string of the molecule is CCCCOC(=O)C1(C)OC=CC(=O)C1C. The van der Waals surface area contributed by atoms with Crippen molar-refractivity contribution in [1.82, 2.24) is 0 Å². The van der Waals surface area contributed by atoms with Crippen LogP contribution in [0.3, 0.4) is 0 Å². The molecule has 90 valence electrons. The van der Waals surface area contributed by atoms with Gasteiger partial charge in [0.05, 0.1) is 18.8 Å². The zero-order valence-electron chi connectivity index (χ0n) is 9.99. The Morgan fingerprint density at radius 1 is 1.62 bits per heavy atom. The molecule has 0 saturated carbocycles. The molecule has 0 N–H and O–H groups in total. The number of carbonyl (C=O) groups is 2. The van der Waals surface area contributed by atoms with E-state index in [1.54, 1.807) is 13.8 Å². The maximum Gasteiger partial charge on any atom is 0.350 e. The summed E-state index contributed by atoms with van der Waals surface area (Å²) in [7, 11) is 0. The summed E-state index contributed by atoms with van der Waals surface area (Å²) in [5.41, 5.74) is -1.18. The molecule has 0 aromatic rings. The molecule has 4 nitrogen and oxygen atoms in total. The lowest BCUT2D eigenvalue weighted by atomic mass is 9.85. The van der Waals surface area contributed by atoms with Gasteiger partial charge in [-0.2, -0.15) is 0 Å². The molecule has 1 rings (SSSR count). The van der Waals surface area contributed by atoms with Crippen LogP contribution in [0, 0.1) is 5.92 Å². The van der Waals surface area contributed by atoms with Crippen molar-refractivity contribution in [3.05, 3.63) is 12.3 Å². The summed E-state index contributed by atoms with van der Waals surface area (Å²) in [5, 5.41) is 0. The van der Waals surface area contributed by atoms with Crippen LogP contribution in [0.4, 0.5) is 0 Å². The fourth-order valence-corrected chi connectivity index (χ4v) is 1.44. The Labute approximate surface area is 95.6 Å². The second-order valence-electron chi connectivity index (χ2n) is 4.14. The summed E-state index contributed by atoms with van der Waals surface area (Å²) in [5.74, 6) is -1.08. The lowest BCUT2D eigenvalue weighted by Crippen LogP contribution is -2.49. The summed E-state index contributed by atoms with van der Waals surface area (Å²) in [6.45, 7) is 5.65. The number of esters is 1. The fourth-order valence-electron chi connectivity index (χ4n) is 1.44. The third-order valence-electron chi connectivity index (χ3n) is 2.93. The van der Waals surface area contributed by atoms with Gasteiger partial charge in [-0.05, 0) is 13.3 Å². The molecule has 1 heterocycles. The van der Waals surface area contributed by atoms with Crippen LogP contribution >= 0.6 is 0 Å². The van der Waals surface area contributed by atoms with Gasteiger partial charge in [0.25, 0.3) is 0 Å². The van der Waals surface area contributed by atoms with Crippen molar-refractivity contribution >= 4 is 11.8 Å². The standard InChI is InChI=1S/C12H18O4/c1-4-5-7-15-11(14)12(3)9(2)10(13)6-8-16-12/h6,8-9H,4-5,7H2,1-3H3. The largest absolute Gasteiger partial charge is 0.483 e. The van der Waals surface area contributed by atoms with Crippen molar-refractivity contribution in [2.45, 2.75) is 39.2 Å². The van der Waals surface area contributed by atoms with E-state index < -0.39 is 17.5 Å². The van der Waals surface area contributed by atoms with E-state index in [-0.39, 0.29) is 5.78 Å². The predicted octanol–water partition coefficient (Wildman–Crippen LogP) is 1.84. The highest BCUT2D eigenvalue weighted by molar-refractivity contribution is 5.98. The fraction of sp³-hybridized carbons (Fsp3) is 0.667. The van der Waals surface area contributed by atoms with Gasteiger partial charge in [0.2, 0.25) is 5.60 Å². The molecule has 1 aliphatic heterocycles. The molecule has 0 aromatic heterocycles. The topological polar surface area (TPSA) is 52.6 Å². The number of ether oxygens (including phenoxy) is 2. The molecule has 0 bridgehead atoms. The summed E-state index contributed by atoms with van der Waals surface area (Å²) >= 11 is 0. The van der Waals surface area contributed by atoms with Crippen molar-refractivity contribution in [3.63, 3.8) is 0 Å². The number of unbranched alkanes of at least 4 members (excludes halogenated alkanes) is 1. The summed E-state index contributed by atoms with van der Waals surface area (Å²) in [6, 6.07) is 0. The number of carbonyl (C=O) groups excluding carboxylic acids is 2. The lowest BCUT2D eigenvalue weighted by Gasteiger charge is -2.33. The molecule has 0 aromatic carbocycles. The first-order chi connectivity index (χ1) is 7.52. The highest BCUT2D eigenvalue weighted by Gasteiger charge is 2.46. The second-order valence-corrected chi connectivity index (χ2v) is 4.14. The van der Waals surface area contributed by atoms with Gasteiger partial charge in [0.1, 0.15) is 0 Å². The zero-order valence-corrected chi connectivity index (χ0v) is 9.99. The third-order valence-corrected chi connectivity index (χ3v) is 2.93. The van der Waals surface area contributed by atoms with Gasteiger partial charge in [0.15, 0.2) is 5.78 Å². The van der Waals surface area contributed by atoms with Gasteiger partial charge in [-0.15, -0.1) is 0 Å². The van der Waals surface area contributed by atoms with Crippen molar-refractivity contribution in [2.24, 2.45) is 5.92 Å². The van der Waals surface area contributed by atoms with Crippen LogP contribution in [0.1, 0.15) is 33.6 Å². The van der Waals surface area contributed by atoms with E-state index in [1.165, 1.54) is 12.3 Å².